The summed E-state index contributed by atoms with van der Waals surface area (Å²) in [6.45, 7) is 0.181. The maximum Gasteiger partial charge on any atom is 0.332 e. The van der Waals surface area contributed by atoms with E-state index in [1.165, 1.54) is 6.21 Å². The largest absolute Gasteiger partial charge is 0.468 e. The molecule has 16 heavy (non-hydrogen) atoms. The average molecular weight is 223 g/mol. The van der Waals surface area contributed by atoms with Gasteiger partial charge in [-0.2, -0.15) is 5.10 Å². The average Bonchev–Trinajstić information content (AvgIpc) is 2.26. The van der Waals surface area contributed by atoms with Gasteiger partial charge in [-0.25, -0.2) is 10.2 Å². The molecule has 0 fully saturated rings. The van der Waals surface area contributed by atoms with E-state index in [2.05, 4.69) is 10.5 Å². The number of urea groups is 1. The molecular weight excluding hydrogens is 210 g/mol. The molecule has 0 saturated carbocycles. The first-order valence-corrected chi connectivity index (χ1v) is 4.52. The van der Waals surface area contributed by atoms with Crippen LogP contribution < -0.4 is 15.9 Å². The number of carbonyl (C=O) groups excluding carboxylic acids is 1. The zero-order valence-corrected chi connectivity index (χ0v) is 8.84. The SMILES string of the molecule is COCOc1cccc(C=NNC(N)=O)c1. The third-order valence-electron chi connectivity index (χ3n) is 1.59. The number of ether oxygens (including phenoxy) is 2. The van der Waals surface area contributed by atoms with Crippen LogP contribution in [0.1, 0.15) is 5.56 Å². The van der Waals surface area contributed by atoms with E-state index in [0.29, 0.717) is 5.75 Å². The van der Waals surface area contributed by atoms with Crippen molar-refractivity contribution in [2.45, 2.75) is 0 Å². The minimum absolute atomic E-state index is 0.181. The molecule has 0 atom stereocenters. The van der Waals surface area contributed by atoms with E-state index in [-0.39, 0.29) is 6.79 Å². The number of rotatable bonds is 5. The highest BCUT2D eigenvalue weighted by Crippen LogP contribution is 2.11. The number of benzene rings is 1. The molecule has 6 heteroatoms. The highest BCUT2D eigenvalue weighted by Gasteiger charge is 1.94. The molecule has 0 aromatic heterocycles. The van der Waals surface area contributed by atoms with Crippen molar-refractivity contribution in [2.24, 2.45) is 10.8 Å². The third-order valence-corrected chi connectivity index (χ3v) is 1.59. The fraction of sp³-hybridized carbons (Fsp3) is 0.200. The summed E-state index contributed by atoms with van der Waals surface area (Å²) >= 11 is 0. The summed E-state index contributed by atoms with van der Waals surface area (Å²) < 4.78 is 10.00. The van der Waals surface area contributed by atoms with Gasteiger partial charge in [0.05, 0.1) is 6.21 Å². The van der Waals surface area contributed by atoms with Gasteiger partial charge in [0.1, 0.15) is 5.75 Å². The number of nitrogens with two attached hydrogens (primary N) is 1. The summed E-state index contributed by atoms with van der Waals surface area (Å²) in [6.07, 6.45) is 1.46. The van der Waals surface area contributed by atoms with Crippen molar-refractivity contribution in [3.05, 3.63) is 29.8 Å². The molecule has 3 N–H and O–H groups in total. The van der Waals surface area contributed by atoms with Crippen LogP contribution in [-0.2, 0) is 4.74 Å². The zero-order chi connectivity index (χ0) is 11.8. The van der Waals surface area contributed by atoms with Gasteiger partial charge >= 0.3 is 6.03 Å². The maximum atomic E-state index is 10.4. The number of methoxy groups -OCH3 is 1. The van der Waals surface area contributed by atoms with Crippen LogP contribution in [0.3, 0.4) is 0 Å². The lowest BCUT2D eigenvalue weighted by molar-refractivity contribution is 0.0511. The Morgan fingerprint density at radius 3 is 3.12 bits per heavy atom. The van der Waals surface area contributed by atoms with Crippen LogP contribution in [0, 0.1) is 0 Å². The molecule has 0 unspecified atom stereocenters. The zero-order valence-electron chi connectivity index (χ0n) is 8.84. The van der Waals surface area contributed by atoms with E-state index in [0.717, 1.165) is 5.56 Å². The molecule has 0 spiro atoms. The Balaban J connectivity index is 2.59. The fourth-order valence-corrected chi connectivity index (χ4v) is 0.982. The number of amides is 2. The second kappa shape index (κ2) is 6.41. The lowest BCUT2D eigenvalue weighted by Crippen LogP contribution is -2.24. The Bertz CT molecular complexity index is 379. The van der Waals surface area contributed by atoms with Gasteiger partial charge in [0, 0.05) is 7.11 Å². The van der Waals surface area contributed by atoms with Gasteiger partial charge in [0.15, 0.2) is 6.79 Å². The molecule has 1 rings (SSSR count). The quantitative estimate of drug-likeness (QED) is 0.437. The number of hydrogen-bond donors (Lipinski definition) is 2. The van der Waals surface area contributed by atoms with Gasteiger partial charge in [0.2, 0.25) is 0 Å². The first-order valence-electron chi connectivity index (χ1n) is 4.52. The van der Waals surface area contributed by atoms with E-state index in [9.17, 15) is 4.79 Å². The van der Waals surface area contributed by atoms with E-state index >= 15 is 0 Å². The van der Waals surface area contributed by atoms with E-state index < -0.39 is 6.03 Å². The minimum atomic E-state index is -0.706. The Morgan fingerprint density at radius 1 is 1.62 bits per heavy atom. The van der Waals surface area contributed by atoms with Gasteiger partial charge in [-0.3, -0.25) is 0 Å². The normalized spacial score (nSPS) is 10.3. The van der Waals surface area contributed by atoms with Crippen LogP contribution in [0.25, 0.3) is 0 Å². The summed E-state index contributed by atoms with van der Waals surface area (Å²) in [5, 5.41) is 3.63. The molecule has 1 aromatic carbocycles. The summed E-state index contributed by atoms with van der Waals surface area (Å²) in [5.41, 5.74) is 7.73. The van der Waals surface area contributed by atoms with E-state index in [1.54, 1.807) is 25.3 Å². The summed E-state index contributed by atoms with van der Waals surface area (Å²) in [5.74, 6) is 0.657. The second-order valence-electron chi connectivity index (χ2n) is 2.86. The minimum Gasteiger partial charge on any atom is -0.468 e. The Labute approximate surface area is 93.0 Å². The number of hydrazone groups is 1. The number of primary amides is 1. The third kappa shape index (κ3) is 4.43. The molecule has 86 valence electrons. The topological polar surface area (TPSA) is 85.9 Å². The van der Waals surface area contributed by atoms with Crippen molar-refractivity contribution in [3.8, 4) is 5.75 Å². The Kier molecular flexibility index (Phi) is 4.81. The molecule has 0 heterocycles. The van der Waals surface area contributed by atoms with Crippen LogP contribution in [0.15, 0.2) is 29.4 Å². The molecule has 2 amide bonds. The van der Waals surface area contributed by atoms with Crippen molar-refractivity contribution >= 4 is 12.2 Å². The van der Waals surface area contributed by atoms with Crippen molar-refractivity contribution in [1.29, 1.82) is 0 Å². The van der Waals surface area contributed by atoms with E-state index in [4.69, 9.17) is 15.2 Å². The molecule has 0 aliphatic rings. The van der Waals surface area contributed by atoms with Gasteiger partial charge < -0.3 is 15.2 Å². The highest BCUT2D eigenvalue weighted by molar-refractivity contribution is 5.81. The highest BCUT2D eigenvalue weighted by atomic mass is 16.7. The molecule has 0 aliphatic carbocycles. The maximum absolute atomic E-state index is 10.4. The van der Waals surface area contributed by atoms with Crippen molar-refractivity contribution in [2.75, 3.05) is 13.9 Å². The smallest absolute Gasteiger partial charge is 0.332 e. The van der Waals surface area contributed by atoms with Gasteiger partial charge in [-0.1, -0.05) is 12.1 Å². The lowest BCUT2D eigenvalue weighted by atomic mass is 10.2. The first kappa shape index (κ1) is 12.0. The lowest BCUT2D eigenvalue weighted by Gasteiger charge is -2.04. The van der Waals surface area contributed by atoms with Crippen molar-refractivity contribution in [3.63, 3.8) is 0 Å². The van der Waals surface area contributed by atoms with Crippen LogP contribution in [0.4, 0.5) is 4.79 Å². The Morgan fingerprint density at radius 2 is 2.44 bits per heavy atom. The second-order valence-corrected chi connectivity index (χ2v) is 2.86. The molecular formula is C10H13N3O3. The van der Waals surface area contributed by atoms with Crippen molar-refractivity contribution < 1.29 is 14.3 Å². The molecule has 0 bridgehead atoms. The molecule has 0 radical (unpaired) electrons. The summed E-state index contributed by atoms with van der Waals surface area (Å²) in [6, 6.07) is 6.45. The first-order chi connectivity index (χ1) is 7.72. The monoisotopic (exact) mass is 223 g/mol. The molecule has 6 nitrogen and oxygen atoms in total. The fourth-order valence-electron chi connectivity index (χ4n) is 0.982. The van der Waals surface area contributed by atoms with E-state index in [1.807, 2.05) is 6.07 Å². The number of carbonyl (C=O) groups is 1. The number of nitrogens with zero attached hydrogens (tertiary/aromatic N) is 1. The summed E-state index contributed by atoms with van der Waals surface area (Å²) in [7, 11) is 1.54. The molecule has 0 aliphatic heterocycles. The number of hydrogen-bond acceptors (Lipinski definition) is 4. The van der Waals surface area contributed by atoms with Crippen LogP contribution in [0.2, 0.25) is 0 Å². The van der Waals surface area contributed by atoms with Crippen molar-refractivity contribution in [1.82, 2.24) is 5.43 Å². The molecule has 0 saturated heterocycles. The number of nitrogens with one attached hydrogen (secondary N) is 1. The Hall–Kier alpha value is -2.08. The predicted octanol–water partition coefficient (Wildman–Crippen LogP) is 0.672. The molecule has 1 aromatic rings. The standard InChI is InChI=1S/C10H13N3O3/c1-15-7-16-9-4-2-3-8(5-9)6-12-13-10(11)14/h2-6H,7H2,1H3,(H3,11,13,14). The van der Waals surface area contributed by atoms with Gasteiger partial charge in [-0.15, -0.1) is 0 Å². The summed E-state index contributed by atoms with van der Waals surface area (Å²) in [4.78, 5) is 10.4. The predicted molar refractivity (Wildman–Crippen MR) is 59.3 cm³/mol. The van der Waals surface area contributed by atoms with Crippen LogP contribution in [0.5, 0.6) is 5.75 Å². The van der Waals surface area contributed by atoms with Crippen LogP contribution in [-0.4, -0.2) is 26.1 Å². The van der Waals surface area contributed by atoms with Crippen LogP contribution >= 0.6 is 0 Å². The van der Waals surface area contributed by atoms with Gasteiger partial charge in [-0.05, 0) is 17.7 Å². The van der Waals surface area contributed by atoms with Gasteiger partial charge in [0.25, 0.3) is 0 Å².